The van der Waals surface area contributed by atoms with E-state index in [4.69, 9.17) is 0 Å². The normalized spacial score (nSPS) is 14.2. The van der Waals surface area contributed by atoms with Crippen LogP contribution in [-0.4, -0.2) is 46.8 Å². The van der Waals surface area contributed by atoms with Crippen molar-refractivity contribution >= 4 is 40.6 Å². The number of anilines is 1. The zero-order chi connectivity index (χ0) is 24.1. The van der Waals surface area contributed by atoms with Crippen LogP contribution < -0.4 is 10.3 Å². The molecule has 3 aromatic rings. The van der Waals surface area contributed by atoms with E-state index >= 15 is 0 Å². The van der Waals surface area contributed by atoms with Gasteiger partial charge in [0.1, 0.15) is 0 Å². The summed E-state index contributed by atoms with van der Waals surface area (Å²) in [5.74, 6) is 0.0781. The van der Waals surface area contributed by atoms with E-state index in [-0.39, 0.29) is 11.8 Å². The summed E-state index contributed by atoms with van der Waals surface area (Å²) in [5.41, 5.74) is 7.94. The number of carbonyl (C=O) groups excluding carboxylic acids is 1. The van der Waals surface area contributed by atoms with Gasteiger partial charge in [-0.3, -0.25) is 4.79 Å². The Morgan fingerprint density at radius 2 is 1.79 bits per heavy atom. The molecule has 0 radical (unpaired) electrons. The highest BCUT2D eigenvalue weighted by atomic mass is 16.3. The lowest BCUT2D eigenvalue weighted by Crippen LogP contribution is -2.25. The molecule has 0 saturated carbocycles. The van der Waals surface area contributed by atoms with Gasteiger partial charge in [-0.2, -0.15) is 15.3 Å². The molecule has 1 aliphatic heterocycles. The molecule has 8 nitrogen and oxygen atoms in total. The Morgan fingerprint density at radius 1 is 1.06 bits per heavy atom. The summed E-state index contributed by atoms with van der Waals surface area (Å²) < 4.78 is 1.83. The van der Waals surface area contributed by atoms with Gasteiger partial charge in [-0.25, -0.2) is 5.43 Å². The van der Waals surface area contributed by atoms with Crippen molar-refractivity contribution in [2.75, 3.05) is 18.0 Å². The van der Waals surface area contributed by atoms with Gasteiger partial charge in [0.05, 0.1) is 29.2 Å². The highest BCUT2D eigenvalue weighted by Gasteiger charge is 2.18. The van der Waals surface area contributed by atoms with E-state index in [1.165, 1.54) is 5.69 Å². The molecule has 0 saturated heterocycles. The number of hydrogen-bond acceptors (Lipinski definition) is 6. The lowest BCUT2D eigenvalue weighted by atomic mass is 10.0. The maximum absolute atomic E-state index is 11.4. The molecule has 2 N–H and O–H groups in total. The van der Waals surface area contributed by atoms with Crippen molar-refractivity contribution in [1.82, 2.24) is 9.99 Å². The molecule has 0 fully saturated rings. The molecule has 0 aliphatic carbocycles. The van der Waals surface area contributed by atoms with Crippen LogP contribution in [0.5, 0.6) is 5.88 Å². The number of fused-ring (bicyclic) bond motifs is 1. The molecule has 34 heavy (non-hydrogen) atoms. The van der Waals surface area contributed by atoms with Crippen LogP contribution in [0.15, 0.2) is 57.8 Å². The number of carbonyl (C=O) groups is 1. The minimum absolute atomic E-state index is 0.0710. The third kappa shape index (κ3) is 4.71. The molecule has 176 valence electrons. The van der Waals surface area contributed by atoms with Crippen LogP contribution in [0.4, 0.5) is 5.69 Å². The van der Waals surface area contributed by atoms with Crippen molar-refractivity contribution in [3.8, 4) is 5.88 Å². The van der Waals surface area contributed by atoms with Gasteiger partial charge in [-0.1, -0.05) is 24.3 Å². The number of benzene rings is 2. The monoisotopic (exact) mass is 458 g/mol. The predicted molar refractivity (Wildman–Crippen MR) is 138 cm³/mol. The van der Waals surface area contributed by atoms with Crippen LogP contribution in [0.25, 0.3) is 10.9 Å². The SMILES string of the molecule is CCN(CC)c1ccc(/C=N\N=Cc2c(O)n(CC)c3cc(C4=NNC(=O)CC4)ccc23)cc1. The zero-order valence-corrected chi connectivity index (χ0v) is 19.8. The van der Waals surface area contributed by atoms with Gasteiger partial charge < -0.3 is 14.6 Å². The van der Waals surface area contributed by atoms with Gasteiger partial charge in [-0.05, 0) is 50.1 Å². The van der Waals surface area contributed by atoms with E-state index in [0.29, 0.717) is 24.9 Å². The molecule has 1 aromatic heterocycles. The Balaban J connectivity index is 1.57. The second kappa shape index (κ2) is 10.3. The molecular formula is C26H30N6O2. The number of nitrogens with zero attached hydrogens (tertiary/aromatic N) is 5. The van der Waals surface area contributed by atoms with E-state index in [2.05, 4.69) is 51.6 Å². The summed E-state index contributed by atoms with van der Waals surface area (Å²) >= 11 is 0. The molecule has 4 rings (SSSR count). The Bertz CT molecular complexity index is 1270. The standard InChI is InChI=1S/C26H30N6O2/c1-4-31(5-2)20-10-7-18(8-11-20)16-27-28-17-22-21-12-9-19(23-13-14-25(33)30-29-23)15-24(21)32(6-3)26(22)34/h7-12,15-17,34H,4-6,13-14H2,1-3H3,(H,30,33)/b27-16-,28-17?. The van der Waals surface area contributed by atoms with Gasteiger partial charge >= 0.3 is 0 Å². The number of aromatic hydroxyl groups is 1. The van der Waals surface area contributed by atoms with Gasteiger partial charge in [0.15, 0.2) is 0 Å². The molecule has 0 atom stereocenters. The van der Waals surface area contributed by atoms with Crippen molar-refractivity contribution in [3.05, 3.63) is 59.2 Å². The molecule has 2 heterocycles. The van der Waals surface area contributed by atoms with E-state index in [9.17, 15) is 9.90 Å². The van der Waals surface area contributed by atoms with Crippen LogP contribution in [0.3, 0.4) is 0 Å². The first-order valence-corrected chi connectivity index (χ1v) is 11.7. The fraction of sp³-hybridized carbons (Fsp3) is 0.308. The minimum Gasteiger partial charge on any atom is -0.494 e. The zero-order valence-electron chi connectivity index (χ0n) is 19.8. The lowest BCUT2D eigenvalue weighted by molar-refractivity contribution is -0.121. The maximum atomic E-state index is 11.4. The van der Waals surface area contributed by atoms with Crippen LogP contribution in [-0.2, 0) is 11.3 Å². The number of nitrogens with one attached hydrogen (secondary N) is 1. The summed E-state index contributed by atoms with van der Waals surface area (Å²) in [6, 6.07) is 14.1. The topological polar surface area (TPSA) is 94.6 Å². The number of hydrogen-bond donors (Lipinski definition) is 2. The minimum atomic E-state index is -0.0710. The van der Waals surface area contributed by atoms with Crippen LogP contribution in [0.1, 0.15) is 50.3 Å². The van der Waals surface area contributed by atoms with Crippen LogP contribution in [0, 0.1) is 0 Å². The van der Waals surface area contributed by atoms with Crippen molar-refractivity contribution in [1.29, 1.82) is 0 Å². The molecule has 0 bridgehead atoms. The first-order valence-electron chi connectivity index (χ1n) is 11.7. The molecular weight excluding hydrogens is 428 g/mol. The largest absolute Gasteiger partial charge is 0.494 e. The number of hydrazone groups is 1. The Labute approximate surface area is 199 Å². The van der Waals surface area contributed by atoms with Crippen molar-refractivity contribution < 1.29 is 9.90 Å². The summed E-state index contributed by atoms with van der Waals surface area (Å²) in [6.07, 6.45) is 4.30. The number of rotatable bonds is 8. The average molecular weight is 459 g/mol. The second-order valence-corrected chi connectivity index (χ2v) is 8.06. The summed E-state index contributed by atoms with van der Waals surface area (Å²) in [5, 5.41) is 24.3. The van der Waals surface area contributed by atoms with Crippen molar-refractivity contribution in [2.24, 2.45) is 15.3 Å². The van der Waals surface area contributed by atoms with Crippen molar-refractivity contribution in [3.63, 3.8) is 0 Å². The number of amides is 1. The summed E-state index contributed by atoms with van der Waals surface area (Å²) in [7, 11) is 0. The predicted octanol–water partition coefficient (Wildman–Crippen LogP) is 4.28. The van der Waals surface area contributed by atoms with E-state index < -0.39 is 0 Å². The third-order valence-corrected chi connectivity index (χ3v) is 6.11. The van der Waals surface area contributed by atoms with E-state index in [1.807, 2.05) is 41.8 Å². The number of aromatic nitrogens is 1. The lowest BCUT2D eigenvalue weighted by Gasteiger charge is -2.20. The molecule has 8 heteroatoms. The van der Waals surface area contributed by atoms with Gasteiger partial charge in [0.2, 0.25) is 11.8 Å². The fourth-order valence-electron chi connectivity index (χ4n) is 4.22. The Morgan fingerprint density at radius 3 is 2.44 bits per heavy atom. The fourth-order valence-corrected chi connectivity index (χ4v) is 4.22. The van der Waals surface area contributed by atoms with E-state index in [1.54, 1.807) is 12.4 Å². The van der Waals surface area contributed by atoms with E-state index in [0.717, 1.165) is 40.8 Å². The maximum Gasteiger partial charge on any atom is 0.240 e. The van der Waals surface area contributed by atoms with Gasteiger partial charge in [-0.15, -0.1) is 0 Å². The summed E-state index contributed by atoms with van der Waals surface area (Å²) in [6.45, 7) is 8.80. The Hall–Kier alpha value is -3.94. The second-order valence-electron chi connectivity index (χ2n) is 8.06. The first kappa shape index (κ1) is 23.2. The highest BCUT2D eigenvalue weighted by molar-refractivity contribution is 6.09. The Kier molecular flexibility index (Phi) is 7.06. The van der Waals surface area contributed by atoms with Gasteiger partial charge in [0, 0.05) is 43.5 Å². The average Bonchev–Trinajstić information content (AvgIpc) is 3.13. The summed E-state index contributed by atoms with van der Waals surface area (Å²) in [4.78, 5) is 13.7. The molecule has 2 aromatic carbocycles. The quantitative estimate of drug-likeness (QED) is 0.390. The molecule has 0 spiro atoms. The molecule has 0 unspecified atom stereocenters. The van der Waals surface area contributed by atoms with Gasteiger partial charge in [0.25, 0.3) is 0 Å². The smallest absolute Gasteiger partial charge is 0.240 e. The van der Waals surface area contributed by atoms with Crippen LogP contribution >= 0.6 is 0 Å². The molecule has 1 aliphatic rings. The van der Waals surface area contributed by atoms with Crippen molar-refractivity contribution in [2.45, 2.75) is 40.2 Å². The third-order valence-electron chi connectivity index (χ3n) is 6.11. The first-order chi connectivity index (χ1) is 16.5. The highest BCUT2D eigenvalue weighted by Crippen LogP contribution is 2.31. The molecule has 1 amide bonds. The number of aryl methyl sites for hydroxylation is 1. The van der Waals surface area contributed by atoms with Crippen LogP contribution in [0.2, 0.25) is 0 Å².